The van der Waals surface area contributed by atoms with E-state index in [1.165, 1.54) is 7.11 Å². The summed E-state index contributed by atoms with van der Waals surface area (Å²) in [5, 5.41) is 4.01. The summed E-state index contributed by atoms with van der Waals surface area (Å²) < 4.78 is 30.8. The highest BCUT2D eigenvalue weighted by Gasteiger charge is 2.32. The van der Waals surface area contributed by atoms with Crippen LogP contribution in [0.5, 0.6) is 0 Å². The number of carbonyl (C=O) groups excluding carboxylic acids is 1. The molecular formula is C25H26Cl2N6O4S. The molecule has 0 amide bonds. The summed E-state index contributed by atoms with van der Waals surface area (Å²) in [6.07, 6.45) is 5.92. The molecular weight excluding hydrogens is 551 g/mol. The number of aromatic nitrogens is 4. The Hall–Kier alpha value is -3.02. The van der Waals surface area contributed by atoms with Gasteiger partial charge in [0.25, 0.3) is 0 Å². The van der Waals surface area contributed by atoms with Crippen LogP contribution in [-0.4, -0.2) is 60.3 Å². The number of nitrogens with one attached hydrogen (secondary N) is 1. The quantitative estimate of drug-likeness (QED) is 0.427. The third-order valence-corrected chi connectivity index (χ3v) is 9.15. The van der Waals surface area contributed by atoms with Crippen LogP contribution in [0, 0.1) is 0 Å². The summed E-state index contributed by atoms with van der Waals surface area (Å²) in [6.45, 7) is 1.35. The smallest absolute Gasteiger partial charge is 0.310 e. The Balaban J connectivity index is 1.42. The zero-order valence-corrected chi connectivity index (χ0v) is 23.0. The lowest BCUT2D eigenvalue weighted by molar-refractivity contribution is -0.139. The van der Waals surface area contributed by atoms with Crippen molar-refractivity contribution in [2.75, 3.05) is 36.2 Å². The van der Waals surface area contributed by atoms with Crippen molar-refractivity contribution in [1.82, 2.24) is 19.9 Å². The lowest BCUT2D eigenvalue weighted by Gasteiger charge is -2.32. The number of methoxy groups -OCH3 is 1. The Morgan fingerprint density at radius 1 is 1.16 bits per heavy atom. The fourth-order valence-electron chi connectivity index (χ4n) is 4.74. The maximum absolute atomic E-state index is 13.0. The molecule has 0 bridgehead atoms. The first-order valence-electron chi connectivity index (χ1n) is 12.2. The second kappa shape index (κ2) is 11.0. The largest absolute Gasteiger partial charge is 0.469 e. The number of benzene rings is 1. The number of hydrogen-bond donors (Lipinski definition) is 1. The molecule has 0 unspecified atom stereocenters. The molecule has 10 nitrogen and oxygen atoms in total. The standard InChI is InChI=1S/C25H26Cl2N6O4S/c1-37-21(34)11-16-4-5-18(12-19(16)27)30-24-22-20(3-2-10-38(22,35)36)31-25(32-24)33-8-6-15(7-9-33)23-28-13-17(26)14-29-23/h4-5,12-15H,2-3,6-11H2,1H3,(H,30,31,32). The van der Waals surface area contributed by atoms with Gasteiger partial charge in [-0.3, -0.25) is 4.79 Å². The molecule has 200 valence electrons. The normalized spacial score (nSPS) is 17.1. The van der Waals surface area contributed by atoms with Crippen LogP contribution < -0.4 is 10.2 Å². The number of sulfone groups is 1. The maximum Gasteiger partial charge on any atom is 0.310 e. The van der Waals surface area contributed by atoms with Gasteiger partial charge in [-0.25, -0.2) is 23.4 Å². The van der Waals surface area contributed by atoms with E-state index in [2.05, 4.69) is 30.2 Å². The molecule has 0 atom stereocenters. The number of piperidine rings is 1. The molecule has 38 heavy (non-hydrogen) atoms. The zero-order valence-electron chi connectivity index (χ0n) is 20.7. The number of rotatable bonds is 6. The van der Waals surface area contributed by atoms with E-state index in [1.54, 1.807) is 30.6 Å². The minimum Gasteiger partial charge on any atom is -0.469 e. The first-order chi connectivity index (χ1) is 18.2. The summed E-state index contributed by atoms with van der Waals surface area (Å²) in [5.74, 6) is 1.31. The van der Waals surface area contributed by atoms with Crippen LogP contribution in [0.2, 0.25) is 10.0 Å². The van der Waals surface area contributed by atoms with Crippen LogP contribution in [0.3, 0.4) is 0 Å². The van der Waals surface area contributed by atoms with E-state index < -0.39 is 15.8 Å². The fourth-order valence-corrected chi connectivity index (χ4v) is 6.71. The van der Waals surface area contributed by atoms with Crippen LogP contribution >= 0.6 is 23.2 Å². The van der Waals surface area contributed by atoms with Crippen molar-refractivity contribution in [3.8, 4) is 0 Å². The van der Waals surface area contributed by atoms with Gasteiger partial charge in [0.15, 0.2) is 15.7 Å². The Morgan fingerprint density at radius 3 is 2.58 bits per heavy atom. The fraction of sp³-hybridized carbons (Fsp3) is 0.400. The predicted octanol–water partition coefficient (Wildman–Crippen LogP) is 4.14. The van der Waals surface area contributed by atoms with Crippen molar-refractivity contribution in [3.05, 3.63) is 57.7 Å². The number of anilines is 3. The second-order valence-corrected chi connectivity index (χ2v) is 12.2. The average Bonchev–Trinajstić information content (AvgIpc) is 2.90. The first-order valence-corrected chi connectivity index (χ1v) is 14.6. The Labute approximate surface area is 230 Å². The molecule has 1 fully saturated rings. The highest BCUT2D eigenvalue weighted by Crippen LogP contribution is 2.35. The molecule has 13 heteroatoms. The molecule has 0 saturated carbocycles. The monoisotopic (exact) mass is 576 g/mol. The molecule has 0 aliphatic carbocycles. The number of fused-ring (bicyclic) bond motifs is 1. The Kier molecular flexibility index (Phi) is 7.69. The van der Waals surface area contributed by atoms with Gasteiger partial charge in [-0.15, -0.1) is 0 Å². The van der Waals surface area contributed by atoms with Crippen LogP contribution in [0.15, 0.2) is 35.5 Å². The van der Waals surface area contributed by atoms with Crippen molar-refractivity contribution in [2.45, 2.75) is 42.9 Å². The highest BCUT2D eigenvalue weighted by molar-refractivity contribution is 7.91. The van der Waals surface area contributed by atoms with Gasteiger partial charge in [0.05, 0.1) is 30.0 Å². The van der Waals surface area contributed by atoms with Gasteiger partial charge < -0.3 is 15.0 Å². The third kappa shape index (κ3) is 5.69. The average molecular weight is 577 g/mol. The molecule has 0 radical (unpaired) electrons. The lowest BCUT2D eigenvalue weighted by Crippen LogP contribution is -2.35. The number of hydrogen-bond acceptors (Lipinski definition) is 10. The van der Waals surface area contributed by atoms with E-state index in [4.69, 9.17) is 27.9 Å². The second-order valence-electron chi connectivity index (χ2n) is 9.28. The van der Waals surface area contributed by atoms with Crippen molar-refractivity contribution in [3.63, 3.8) is 0 Å². The molecule has 1 saturated heterocycles. The van der Waals surface area contributed by atoms with E-state index in [1.807, 2.05) is 0 Å². The summed E-state index contributed by atoms with van der Waals surface area (Å²) in [5.41, 5.74) is 1.67. The number of nitrogens with zero attached hydrogens (tertiary/aromatic N) is 5. The van der Waals surface area contributed by atoms with Gasteiger partial charge in [0.2, 0.25) is 5.95 Å². The van der Waals surface area contributed by atoms with E-state index in [0.29, 0.717) is 58.9 Å². The summed E-state index contributed by atoms with van der Waals surface area (Å²) >= 11 is 12.3. The number of ether oxygens (including phenoxy) is 1. The Morgan fingerprint density at radius 2 is 1.89 bits per heavy atom. The molecule has 1 N–H and O–H groups in total. The van der Waals surface area contributed by atoms with Gasteiger partial charge in [-0.05, 0) is 43.4 Å². The van der Waals surface area contributed by atoms with Crippen molar-refractivity contribution in [1.29, 1.82) is 0 Å². The molecule has 3 aromatic rings. The van der Waals surface area contributed by atoms with Crippen molar-refractivity contribution >= 4 is 56.5 Å². The number of halogens is 2. The van der Waals surface area contributed by atoms with Crippen LogP contribution in [0.25, 0.3) is 0 Å². The summed E-state index contributed by atoms with van der Waals surface area (Å²) in [7, 11) is -2.24. The summed E-state index contributed by atoms with van der Waals surface area (Å²) in [4.78, 5) is 31.9. The number of aryl methyl sites for hydroxylation is 1. The van der Waals surface area contributed by atoms with Gasteiger partial charge in [0, 0.05) is 42.1 Å². The molecule has 0 spiro atoms. The van der Waals surface area contributed by atoms with Gasteiger partial charge in [-0.2, -0.15) is 4.98 Å². The van der Waals surface area contributed by atoms with Crippen molar-refractivity contribution < 1.29 is 17.9 Å². The van der Waals surface area contributed by atoms with E-state index in [0.717, 1.165) is 18.7 Å². The minimum atomic E-state index is -3.55. The minimum absolute atomic E-state index is 0.0358. The van der Waals surface area contributed by atoms with Crippen LogP contribution in [0.1, 0.15) is 42.3 Å². The Bertz CT molecular complexity index is 1460. The van der Waals surface area contributed by atoms with Gasteiger partial charge >= 0.3 is 5.97 Å². The van der Waals surface area contributed by atoms with E-state index in [9.17, 15) is 13.2 Å². The van der Waals surface area contributed by atoms with Gasteiger partial charge in [0.1, 0.15) is 10.7 Å². The van der Waals surface area contributed by atoms with Crippen molar-refractivity contribution in [2.24, 2.45) is 0 Å². The topological polar surface area (TPSA) is 127 Å². The predicted molar refractivity (Wildman–Crippen MR) is 144 cm³/mol. The molecule has 5 rings (SSSR count). The molecule has 2 aliphatic rings. The maximum atomic E-state index is 13.0. The van der Waals surface area contributed by atoms with Crippen LogP contribution in [-0.2, 0) is 32.2 Å². The van der Waals surface area contributed by atoms with E-state index in [-0.39, 0.29) is 28.8 Å². The summed E-state index contributed by atoms with van der Waals surface area (Å²) in [6, 6.07) is 5.07. The number of carbonyl (C=O) groups is 1. The zero-order chi connectivity index (χ0) is 26.9. The molecule has 1 aromatic carbocycles. The first kappa shape index (κ1) is 26.6. The molecule has 4 heterocycles. The molecule has 2 aliphatic heterocycles. The SMILES string of the molecule is COC(=O)Cc1ccc(Nc2nc(N3CCC(c4ncc(Cl)cn4)CC3)nc3c2S(=O)(=O)CCC3)cc1Cl. The molecule has 2 aromatic heterocycles. The van der Waals surface area contributed by atoms with Crippen LogP contribution in [0.4, 0.5) is 17.5 Å². The van der Waals surface area contributed by atoms with Gasteiger partial charge in [-0.1, -0.05) is 29.3 Å². The highest BCUT2D eigenvalue weighted by atomic mass is 35.5. The number of esters is 1. The van der Waals surface area contributed by atoms with E-state index >= 15 is 0 Å². The third-order valence-electron chi connectivity index (χ3n) is 6.72. The lowest BCUT2D eigenvalue weighted by atomic mass is 9.96.